The van der Waals surface area contributed by atoms with E-state index in [0.29, 0.717) is 0 Å². The minimum Gasteiger partial charge on any atom is -0.480 e. The van der Waals surface area contributed by atoms with E-state index in [0.717, 1.165) is 0 Å². The van der Waals surface area contributed by atoms with Crippen molar-refractivity contribution in [3.63, 3.8) is 0 Å². The Balaban J connectivity index is 4.21. The van der Waals surface area contributed by atoms with E-state index in [1.54, 1.807) is 7.05 Å². The number of carbonyl (C=O) groups is 2. The molecule has 0 radical (unpaired) electrons. The van der Waals surface area contributed by atoms with Crippen LogP contribution in [0.25, 0.3) is 0 Å². The number of carboxylic acid groups (broad SMARTS) is 1. The summed E-state index contributed by atoms with van der Waals surface area (Å²) in [6, 6.07) is -0.794. The van der Waals surface area contributed by atoms with Gasteiger partial charge in [-0.1, -0.05) is 0 Å². The van der Waals surface area contributed by atoms with E-state index < -0.39 is 12.0 Å². The van der Waals surface area contributed by atoms with Crippen molar-refractivity contribution in [1.29, 1.82) is 0 Å². The number of rotatable bonds is 6. The maximum Gasteiger partial charge on any atom is 0.323 e. The van der Waals surface area contributed by atoms with Gasteiger partial charge in [-0.15, -0.1) is 0 Å². The van der Waals surface area contributed by atoms with Crippen molar-refractivity contribution in [3.05, 3.63) is 0 Å². The molecule has 0 aliphatic rings. The molecule has 1 atom stereocenters. The van der Waals surface area contributed by atoms with E-state index in [-0.39, 0.29) is 19.1 Å². The van der Waals surface area contributed by atoms with Crippen molar-refractivity contribution in [1.82, 2.24) is 10.2 Å². The van der Waals surface area contributed by atoms with Crippen molar-refractivity contribution in [2.24, 2.45) is 0 Å². The zero-order valence-electron chi connectivity index (χ0n) is 8.61. The molecular weight excluding hydrogens is 188 g/mol. The van der Waals surface area contributed by atoms with Crippen molar-refractivity contribution in [2.45, 2.75) is 6.04 Å². The van der Waals surface area contributed by atoms with Crippen LogP contribution in [0, 0.1) is 0 Å². The van der Waals surface area contributed by atoms with Crippen LogP contribution in [0.1, 0.15) is 0 Å². The molecule has 0 saturated heterocycles. The first-order chi connectivity index (χ1) is 6.52. The summed E-state index contributed by atoms with van der Waals surface area (Å²) in [6.07, 6.45) is 0. The van der Waals surface area contributed by atoms with Gasteiger partial charge in [-0.05, 0) is 7.05 Å². The van der Waals surface area contributed by atoms with Crippen LogP contribution >= 0.6 is 0 Å². The molecule has 0 aromatic heterocycles. The van der Waals surface area contributed by atoms with E-state index in [2.05, 4.69) is 5.32 Å². The molecule has 0 fully saturated rings. The van der Waals surface area contributed by atoms with Gasteiger partial charge in [-0.3, -0.25) is 14.5 Å². The lowest BCUT2D eigenvalue weighted by Crippen LogP contribution is -2.46. The predicted octanol–water partition coefficient (Wildman–Crippen LogP) is -1.24. The first-order valence-corrected chi connectivity index (χ1v) is 4.15. The SMILES string of the molecule is CNC(=O)CN(C)C(COC)C(=O)O. The van der Waals surface area contributed by atoms with E-state index in [4.69, 9.17) is 9.84 Å². The lowest BCUT2D eigenvalue weighted by Gasteiger charge is -2.22. The molecule has 0 aromatic carbocycles. The number of carboxylic acids is 1. The van der Waals surface area contributed by atoms with E-state index >= 15 is 0 Å². The Bertz CT molecular complexity index is 208. The number of amides is 1. The van der Waals surface area contributed by atoms with Crippen LogP contribution in [0.3, 0.4) is 0 Å². The van der Waals surface area contributed by atoms with Crippen molar-refractivity contribution in [2.75, 3.05) is 34.4 Å². The average Bonchev–Trinajstić information content (AvgIpc) is 2.13. The summed E-state index contributed by atoms with van der Waals surface area (Å²) in [6.45, 7) is 0.0969. The quantitative estimate of drug-likeness (QED) is 0.566. The maximum atomic E-state index is 11.0. The normalized spacial score (nSPS) is 12.6. The molecule has 14 heavy (non-hydrogen) atoms. The fourth-order valence-corrected chi connectivity index (χ4v) is 0.961. The Hall–Kier alpha value is -1.14. The molecule has 1 unspecified atom stereocenters. The maximum absolute atomic E-state index is 11.0. The van der Waals surface area contributed by atoms with Gasteiger partial charge in [0.2, 0.25) is 5.91 Å². The monoisotopic (exact) mass is 204 g/mol. The van der Waals surface area contributed by atoms with E-state index in [1.165, 1.54) is 19.1 Å². The van der Waals surface area contributed by atoms with Gasteiger partial charge in [-0.2, -0.15) is 0 Å². The van der Waals surface area contributed by atoms with Gasteiger partial charge in [0, 0.05) is 14.2 Å². The summed E-state index contributed by atoms with van der Waals surface area (Å²) in [5, 5.41) is 11.2. The molecule has 0 bridgehead atoms. The lowest BCUT2D eigenvalue weighted by atomic mass is 10.3. The molecule has 6 heteroatoms. The van der Waals surface area contributed by atoms with Gasteiger partial charge >= 0.3 is 5.97 Å². The number of carbonyl (C=O) groups excluding carboxylic acids is 1. The van der Waals surface area contributed by atoms with Gasteiger partial charge in [0.05, 0.1) is 13.2 Å². The largest absolute Gasteiger partial charge is 0.480 e. The summed E-state index contributed by atoms with van der Waals surface area (Å²) in [4.78, 5) is 23.1. The third kappa shape index (κ3) is 4.20. The van der Waals surface area contributed by atoms with Crippen molar-refractivity contribution in [3.8, 4) is 0 Å². The summed E-state index contributed by atoms with van der Waals surface area (Å²) in [5.41, 5.74) is 0. The van der Waals surface area contributed by atoms with E-state index in [9.17, 15) is 9.59 Å². The van der Waals surface area contributed by atoms with Crippen molar-refractivity contribution < 1.29 is 19.4 Å². The highest BCUT2D eigenvalue weighted by Crippen LogP contribution is 1.97. The molecule has 82 valence electrons. The molecule has 0 aliphatic heterocycles. The highest BCUT2D eigenvalue weighted by atomic mass is 16.5. The zero-order valence-corrected chi connectivity index (χ0v) is 8.61. The molecule has 0 spiro atoms. The molecule has 2 N–H and O–H groups in total. The van der Waals surface area contributed by atoms with Crippen LogP contribution in [-0.2, 0) is 14.3 Å². The van der Waals surface area contributed by atoms with Crippen LogP contribution in [0.4, 0.5) is 0 Å². The summed E-state index contributed by atoms with van der Waals surface area (Å²) >= 11 is 0. The Morgan fingerprint density at radius 3 is 2.50 bits per heavy atom. The standard InChI is InChI=1S/C8H16N2O4/c1-9-7(11)4-10(2)6(5-14-3)8(12)13/h6H,4-5H2,1-3H3,(H,9,11)(H,12,13). The minimum absolute atomic E-state index is 0.0385. The number of nitrogens with one attached hydrogen (secondary N) is 1. The fraction of sp³-hybridized carbons (Fsp3) is 0.750. The van der Waals surface area contributed by atoms with E-state index in [1.807, 2.05) is 0 Å². The first kappa shape index (κ1) is 12.9. The van der Waals surface area contributed by atoms with Gasteiger partial charge in [0.1, 0.15) is 6.04 Å². The van der Waals surface area contributed by atoms with Crippen LogP contribution in [0.15, 0.2) is 0 Å². The Kier molecular flexibility index (Phi) is 5.82. The molecular formula is C8H16N2O4. The summed E-state index contributed by atoms with van der Waals surface area (Å²) in [5.74, 6) is -1.23. The predicted molar refractivity (Wildman–Crippen MR) is 50.0 cm³/mol. The van der Waals surface area contributed by atoms with Crippen LogP contribution in [0.5, 0.6) is 0 Å². The number of aliphatic carboxylic acids is 1. The number of hydrogen-bond donors (Lipinski definition) is 2. The molecule has 1 amide bonds. The third-order valence-corrected chi connectivity index (χ3v) is 1.81. The topological polar surface area (TPSA) is 78.9 Å². The molecule has 0 heterocycles. The number of methoxy groups -OCH3 is 1. The van der Waals surface area contributed by atoms with Gasteiger partial charge in [0.25, 0.3) is 0 Å². The number of likely N-dealkylation sites (N-methyl/N-ethyl adjacent to an activating group) is 2. The highest BCUT2D eigenvalue weighted by Gasteiger charge is 2.23. The van der Waals surface area contributed by atoms with Crippen LogP contribution < -0.4 is 5.32 Å². The number of ether oxygens (including phenoxy) is 1. The molecule has 6 nitrogen and oxygen atoms in total. The summed E-state index contributed by atoms with van der Waals surface area (Å²) in [7, 11) is 4.49. The number of nitrogens with zero attached hydrogens (tertiary/aromatic N) is 1. The molecule has 0 aromatic rings. The van der Waals surface area contributed by atoms with Gasteiger partial charge in [0.15, 0.2) is 0 Å². The Morgan fingerprint density at radius 1 is 1.57 bits per heavy atom. The zero-order chi connectivity index (χ0) is 11.1. The first-order valence-electron chi connectivity index (χ1n) is 4.15. The Morgan fingerprint density at radius 2 is 2.14 bits per heavy atom. The fourth-order valence-electron chi connectivity index (χ4n) is 0.961. The average molecular weight is 204 g/mol. The second-order valence-corrected chi connectivity index (χ2v) is 2.90. The second kappa shape index (κ2) is 6.33. The molecule has 0 rings (SSSR count). The smallest absolute Gasteiger partial charge is 0.323 e. The van der Waals surface area contributed by atoms with Crippen LogP contribution in [0.2, 0.25) is 0 Å². The lowest BCUT2D eigenvalue weighted by molar-refractivity contribution is -0.145. The van der Waals surface area contributed by atoms with Gasteiger partial charge in [-0.25, -0.2) is 0 Å². The second-order valence-electron chi connectivity index (χ2n) is 2.90. The summed E-state index contributed by atoms with van der Waals surface area (Å²) < 4.78 is 4.75. The van der Waals surface area contributed by atoms with Crippen LogP contribution in [-0.4, -0.2) is 62.3 Å². The third-order valence-electron chi connectivity index (χ3n) is 1.81. The number of hydrogen-bond acceptors (Lipinski definition) is 4. The minimum atomic E-state index is -1.00. The molecule has 0 aliphatic carbocycles. The van der Waals surface area contributed by atoms with Gasteiger partial charge < -0.3 is 15.2 Å². The van der Waals surface area contributed by atoms with Crippen molar-refractivity contribution >= 4 is 11.9 Å². The Labute approximate surface area is 82.8 Å². The molecule has 0 saturated carbocycles. The highest BCUT2D eigenvalue weighted by molar-refractivity contribution is 5.79.